The molecule has 7 heteroatoms. The smallest absolute Gasteiger partial charge is 0.306 e. The summed E-state index contributed by atoms with van der Waals surface area (Å²) in [6, 6.07) is 5.17. The molecule has 0 aliphatic heterocycles. The molecule has 0 unspecified atom stereocenters. The van der Waals surface area contributed by atoms with Gasteiger partial charge >= 0.3 is 5.97 Å². The first-order valence-corrected chi connectivity index (χ1v) is 9.83. The molecule has 0 heterocycles. The summed E-state index contributed by atoms with van der Waals surface area (Å²) in [6.07, 6.45) is 7.40. The van der Waals surface area contributed by atoms with Crippen molar-refractivity contribution in [2.24, 2.45) is 0 Å². The van der Waals surface area contributed by atoms with E-state index in [0.717, 1.165) is 25.7 Å². The molecule has 0 spiro atoms. The quantitative estimate of drug-likeness (QED) is 0.394. The Morgan fingerprint density at radius 2 is 1.85 bits per heavy atom. The number of rotatable bonds is 8. The molecule has 2 rings (SSSR count). The van der Waals surface area contributed by atoms with E-state index in [0.29, 0.717) is 28.8 Å². The van der Waals surface area contributed by atoms with Crippen molar-refractivity contribution in [1.82, 2.24) is 5.32 Å². The number of halogens is 2. The SMILES string of the molecule is O=C(COC(=O)CCCOc1ccc(Cl)cc1Cl)NC1CCCCCC1. The van der Waals surface area contributed by atoms with E-state index in [1.807, 2.05) is 0 Å². The van der Waals surface area contributed by atoms with E-state index < -0.39 is 5.97 Å². The van der Waals surface area contributed by atoms with Gasteiger partial charge in [-0.3, -0.25) is 9.59 Å². The van der Waals surface area contributed by atoms with Crippen LogP contribution in [0.5, 0.6) is 5.75 Å². The number of amides is 1. The largest absolute Gasteiger partial charge is 0.492 e. The summed E-state index contributed by atoms with van der Waals surface area (Å²) >= 11 is 11.8. The summed E-state index contributed by atoms with van der Waals surface area (Å²) in [5, 5.41) is 3.91. The Balaban J connectivity index is 1.57. The van der Waals surface area contributed by atoms with Gasteiger partial charge in [-0.15, -0.1) is 0 Å². The molecule has 0 aromatic heterocycles. The molecular weight excluding hydrogens is 377 g/mol. The topological polar surface area (TPSA) is 64.6 Å². The van der Waals surface area contributed by atoms with Gasteiger partial charge in [0.1, 0.15) is 5.75 Å². The molecule has 1 amide bonds. The first-order valence-electron chi connectivity index (χ1n) is 9.07. The van der Waals surface area contributed by atoms with Crippen molar-refractivity contribution < 1.29 is 19.1 Å². The van der Waals surface area contributed by atoms with E-state index >= 15 is 0 Å². The molecule has 1 aliphatic carbocycles. The number of carbonyl (C=O) groups is 2. The van der Waals surface area contributed by atoms with Gasteiger partial charge in [0.25, 0.3) is 5.91 Å². The fraction of sp³-hybridized carbons (Fsp3) is 0.579. The molecule has 1 aromatic rings. The minimum absolute atomic E-state index is 0.182. The van der Waals surface area contributed by atoms with E-state index in [2.05, 4.69) is 5.32 Å². The van der Waals surface area contributed by atoms with Gasteiger partial charge in [0, 0.05) is 17.5 Å². The van der Waals surface area contributed by atoms with Crippen LogP contribution in [0.4, 0.5) is 0 Å². The standard InChI is InChI=1S/C19H25Cl2NO4/c20-14-9-10-17(16(21)12-14)25-11-5-8-19(24)26-13-18(23)22-15-6-3-1-2-4-7-15/h9-10,12,15H,1-8,11,13H2,(H,22,23). The van der Waals surface area contributed by atoms with Gasteiger partial charge in [0.2, 0.25) is 0 Å². The highest BCUT2D eigenvalue weighted by molar-refractivity contribution is 6.35. The second-order valence-corrected chi connectivity index (χ2v) is 7.29. The summed E-state index contributed by atoms with van der Waals surface area (Å²) in [4.78, 5) is 23.6. The lowest BCUT2D eigenvalue weighted by Gasteiger charge is -2.16. The van der Waals surface area contributed by atoms with Gasteiger partial charge in [-0.1, -0.05) is 48.9 Å². The molecule has 0 radical (unpaired) electrons. The average molecular weight is 402 g/mol. The molecule has 1 saturated carbocycles. The molecule has 1 aromatic carbocycles. The Morgan fingerprint density at radius 3 is 2.54 bits per heavy atom. The van der Waals surface area contributed by atoms with Gasteiger partial charge in [0.05, 0.1) is 11.6 Å². The molecule has 5 nitrogen and oxygen atoms in total. The van der Waals surface area contributed by atoms with Crippen molar-refractivity contribution in [2.45, 2.75) is 57.4 Å². The van der Waals surface area contributed by atoms with Crippen molar-refractivity contribution >= 4 is 35.1 Å². The van der Waals surface area contributed by atoms with Gasteiger partial charge < -0.3 is 14.8 Å². The predicted octanol–water partition coefficient (Wildman–Crippen LogP) is 4.53. The van der Waals surface area contributed by atoms with Gasteiger partial charge in [0.15, 0.2) is 6.61 Å². The van der Waals surface area contributed by atoms with E-state index in [1.165, 1.54) is 12.8 Å². The number of benzene rings is 1. The Morgan fingerprint density at radius 1 is 1.12 bits per heavy atom. The maximum absolute atomic E-state index is 11.9. The first kappa shape index (κ1) is 20.8. The normalized spacial score (nSPS) is 15.2. The van der Waals surface area contributed by atoms with Gasteiger partial charge in [-0.25, -0.2) is 0 Å². The van der Waals surface area contributed by atoms with E-state index in [1.54, 1.807) is 18.2 Å². The van der Waals surface area contributed by atoms with Gasteiger partial charge in [-0.2, -0.15) is 0 Å². The summed E-state index contributed by atoms with van der Waals surface area (Å²) in [7, 11) is 0. The Hall–Kier alpha value is -1.46. The van der Waals surface area contributed by atoms with Crippen LogP contribution < -0.4 is 10.1 Å². The molecule has 144 valence electrons. The molecular formula is C19H25Cl2NO4. The van der Waals surface area contributed by atoms with Crippen LogP contribution in [0.1, 0.15) is 51.4 Å². The van der Waals surface area contributed by atoms with E-state index in [-0.39, 0.29) is 25.0 Å². The van der Waals surface area contributed by atoms with Crippen LogP contribution in [0.3, 0.4) is 0 Å². The third-order valence-electron chi connectivity index (χ3n) is 4.26. The summed E-state index contributed by atoms with van der Waals surface area (Å²) in [5.41, 5.74) is 0. The van der Waals surface area contributed by atoms with Crippen LogP contribution in [-0.2, 0) is 14.3 Å². The summed E-state index contributed by atoms with van der Waals surface area (Å²) in [5.74, 6) is -0.117. The average Bonchev–Trinajstić information content (AvgIpc) is 2.87. The highest BCUT2D eigenvalue weighted by Crippen LogP contribution is 2.27. The number of nitrogens with one attached hydrogen (secondary N) is 1. The van der Waals surface area contributed by atoms with Crippen LogP contribution in [0.15, 0.2) is 18.2 Å². The van der Waals surface area contributed by atoms with E-state index in [4.69, 9.17) is 32.7 Å². The molecule has 1 N–H and O–H groups in total. The number of hydrogen-bond donors (Lipinski definition) is 1. The fourth-order valence-electron chi connectivity index (χ4n) is 2.90. The third kappa shape index (κ3) is 7.83. The zero-order valence-electron chi connectivity index (χ0n) is 14.8. The molecule has 26 heavy (non-hydrogen) atoms. The molecule has 1 fully saturated rings. The van der Waals surface area contributed by atoms with Crippen molar-refractivity contribution in [3.63, 3.8) is 0 Å². The van der Waals surface area contributed by atoms with Crippen LogP contribution >= 0.6 is 23.2 Å². The number of esters is 1. The number of ether oxygens (including phenoxy) is 2. The lowest BCUT2D eigenvalue weighted by atomic mass is 10.1. The number of hydrogen-bond acceptors (Lipinski definition) is 4. The Kier molecular flexibility index (Phi) is 9.06. The summed E-state index contributed by atoms with van der Waals surface area (Å²) in [6.45, 7) is 0.101. The second-order valence-electron chi connectivity index (χ2n) is 6.44. The zero-order chi connectivity index (χ0) is 18.8. The van der Waals surface area contributed by atoms with Crippen molar-refractivity contribution in [2.75, 3.05) is 13.2 Å². The fourth-order valence-corrected chi connectivity index (χ4v) is 3.37. The highest BCUT2D eigenvalue weighted by atomic mass is 35.5. The molecule has 0 saturated heterocycles. The minimum atomic E-state index is -0.410. The number of carbonyl (C=O) groups excluding carboxylic acids is 2. The molecule has 0 atom stereocenters. The lowest BCUT2D eigenvalue weighted by Crippen LogP contribution is -2.37. The maximum Gasteiger partial charge on any atom is 0.306 e. The van der Waals surface area contributed by atoms with E-state index in [9.17, 15) is 9.59 Å². The molecule has 0 bridgehead atoms. The highest BCUT2D eigenvalue weighted by Gasteiger charge is 2.15. The Bertz CT molecular complexity index is 601. The van der Waals surface area contributed by atoms with Crippen molar-refractivity contribution in [1.29, 1.82) is 0 Å². The Labute approximate surface area is 164 Å². The predicted molar refractivity (Wildman–Crippen MR) is 102 cm³/mol. The monoisotopic (exact) mass is 401 g/mol. The van der Waals surface area contributed by atoms with Crippen LogP contribution in [0.25, 0.3) is 0 Å². The lowest BCUT2D eigenvalue weighted by molar-refractivity contribution is -0.148. The van der Waals surface area contributed by atoms with Crippen LogP contribution in [0.2, 0.25) is 10.0 Å². The van der Waals surface area contributed by atoms with Crippen LogP contribution in [0, 0.1) is 0 Å². The van der Waals surface area contributed by atoms with Crippen molar-refractivity contribution in [3.8, 4) is 5.75 Å². The third-order valence-corrected chi connectivity index (χ3v) is 4.79. The first-order chi connectivity index (χ1) is 12.5. The summed E-state index contributed by atoms with van der Waals surface area (Å²) < 4.78 is 10.5. The minimum Gasteiger partial charge on any atom is -0.492 e. The molecule has 1 aliphatic rings. The maximum atomic E-state index is 11.9. The van der Waals surface area contributed by atoms with Crippen LogP contribution in [-0.4, -0.2) is 31.1 Å². The second kappa shape index (κ2) is 11.3. The zero-order valence-corrected chi connectivity index (χ0v) is 16.3. The van der Waals surface area contributed by atoms with Crippen molar-refractivity contribution in [3.05, 3.63) is 28.2 Å². The van der Waals surface area contributed by atoms with Gasteiger partial charge in [-0.05, 0) is 37.5 Å².